The van der Waals surface area contributed by atoms with E-state index in [0.717, 1.165) is 27.4 Å². The van der Waals surface area contributed by atoms with Crippen LogP contribution < -0.4 is 4.72 Å². The summed E-state index contributed by atoms with van der Waals surface area (Å²) in [5.74, 6) is 0. The normalized spacial score (nSPS) is 11.5. The van der Waals surface area contributed by atoms with E-state index < -0.39 is 10.0 Å². The van der Waals surface area contributed by atoms with Crippen molar-refractivity contribution in [1.82, 2.24) is 4.98 Å². The van der Waals surface area contributed by atoms with Gasteiger partial charge < -0.3 is 0 Å². The van der Waals surface area contributed by atoms with Gasteiger partial charge in [-0.25, -0.2) is 13.4 Å². The summed E-state index contributed by atoms with van der Waals surface area (Å²) in [5, 5.41) is 2.89. The molecule has 6 heteroatoms. The third-order valence-electron chi connectivity index (χ3n) is 4.03. The Morgan fingerprint density at radius 1 is 0.960 bits per heavy atom. The van der Waals surface area contributed by atoms with E-state index in [1.165, 1.54) is 0 Å². The van der Waals surface area contributed by atoms with Crippen molar-refractivity contribution in [3.8, 4) is 11.3 Å². The van der Waals surface area contributed by atoms with Crippen LogP contribution in [-0.4, -0.2) is 13.4 Å². The predicted octanol–water partition coefficient (Wildman–Crippen LogP) is 4.84. The Balaban J connectivity index is 2.03. The molecule has 0 aliphatic carbocycles. The minimum atomic E-state index is -3.68. The maximum atomic E-state index is 12.9. The van der Waals surface area contributed by atoms with Crippen LogP contribution in [-0.2, 0) is 10.0 Å². The predicted molar refractivity (Wildman–Crippen MR) is 104 cm³/mol. The van der Waals surface area contributed by atoms with Crippen molar-refractivity contribution >= 4 is 27.0 Å². The van der Waals surface area contributed by atoms with Crippen LogP contribution in [0.15, 0.2) is 46.7 Å². The lowest BCUT2D eigenvalue weighted by atomic mass is 10.1. The van der Waals surface area contributed by atoms with Gasteiger partial charge in [0.25, 0.3) is 10.0 Å². The van der Waals surface area contributed by atoms with E-state index in [0.29, 0.717) is 11.3 Å². The number of benzene rings is 2. The Labute approximate surface area is 152 Å². The summed E-state index contributed by atoms with van der Waals surface area (Å²) >= 11 is 1.55. The highest BCUT2D eigenvalue weighted by Gasteiger charge is 2.19. The summed E-state index contributed by atoms with van der Waals surface area (Å²) < 4.78 is 28.6. The van der Waals surface area contributed by atoms with Crippen LogP contribution in [0.2, 0.25) is 0 Å². The van der Waals surface area contributed by atoms with E-state index in [1.807, 2.05) is 56.5 Å². The Bertz CT molecular complexity index is 1040. The fraction of sp³-hybridized carbons (Fsp3) is 0.211. The number of rotatable bonds is 4. The molecule has 0 atom stereocenters. The lowest BCUT2D eigenvalue weighted by molar-refractivity contribution is 0.600. The Kier molecular flexibility index (Phi) is 4.67. The van der Waals surface area contributed by atoms with E-state index >= 15 is 0 Å². The SMILES string of the molecule is Cc1ccc(C)c(NS(=O)(=O)c2cc(-c3csc(C)n3)ccc2C)c1. The highest BCUT2D eigenvalue weighted by molar-refractivity contribution is 7.92. The summed E-state index contributed by atoms with van der Waals surface area (Å²) in [4.78, 5) is 4.72. The van der Waals surface area contributed by atoms with Crippen LogP contribution in [0.3, 0.4) is 0 Å². The second-order valence-corrected chi connectivity index (χ2v) is 8.87. The summed E-state index contributed by atoms with van der Waals surface area (Å²) in [6.45, 7) is 7.56. The van der Waals surface area contributed by atoms with E-state index in [4.69, 9.17) is 0 Å². The molecule has 0 unspecified atom stereocenters. The minimum Gasteiger partial charge on any atom is -0.279 e. The number of anilines is 1. The first-order valence-electron chi connectivity index (χ1n) is 7.89. The molecule has 0 aliphatic heterocycles. The third kappa shape index (κ3) is 3.75. The molecule has 0 spiro atoms. The Morgan fingerprint density at radius 2 is 1.68 bits per heavy atom. The lowest BCUT2D eigenvalue weighted by Crippen LogP contribution is -2.15. The molecule has 0 saturated heterocycles. The van der Waals surface area contributed by atoms with Gasteiger partial charge in [0.05, 0.1) is 21.3 Å². The van der Waals surface area contributed by atoms with E-state index in [1.54, 1.807) is 24.3 Å². The molecule has 1 N–H and O–H groups in total. The average Bonchev–Trinajstić information content (AvgIpc) is 2.97. The minimum absolute atomic E-state index is 0.275. The fourth-order valence-corrected chi connectivity index (χ4v) is 4.61. The third-order valence-corrected chi connectivity index (χ3v) is 6.31. The van der Waals surface area contributed by atoms with Crippen molar-refractivity contribution in [1.29, 1.82) is 0 Å². The van der Waals surface area contributed by atoms with Crippen LogP contribution in [0.5, 0.6) is 0 Å². The Morgan fingerprint density at radius 3 is 2.36 bits per heavy atom. The zero-order valence-corrected chi connectivity index (χ0v) is 16.3. The molecule has 25 heavy (non-hydrogen) atoms. The van der Waals surface area contributed by atoms with Gasteiger partial charge in [-0.15, -0.1) is 11.3 Å². The van der Waals surface area contributed by atoms with Crippen molar-refractivity contribution in [2.24, 2.45) is 0 Å². The van der Waals surface area contributed by atoms with Crippen LogP contribution >= 0.6 is 11.3 Å². The second-order valence-electron chi connectivity index (χ2n) is 6.16. The molecule has 4 nitrogen and oxygen atoms in total. The first kappa shape index (κ1) is 17.6. The zero-order valence-electron chi connectivity index (χ0n) is 14.6. The van der Waals surface area contributed by atoms with Gasteiger partial charge in [0.2, 0.25) is 0 Å². The first-order chi connectivity index (χ1) is 11.8. The molecule has 0 fully saturated rings. The topological polar surface area (TPSA) is 59.1 Å². The molecule has 3 rings (SSSR count). The number of hydrogen-bond acceptors (Lipinski definition) is 4. The molecule has 0 aliphatic rings. The quantitative estimate of drug-likeness (QED) is 0.712. The number of nitrogens with zero attached hydrogens (tertiary/aromatic N) is 1. The number of nitrogens with one attached hydrogen (secondary N) is 1. The summed E-state index contributed by atoms with van der Waals surface area (Å²) in [5.41, 5.74) is 4.80. The maximum absolute atomic E-state index is 12.9. The van der Waals surface area contributed by atoms with Gasteiger partial charge in [-0.3, -0.25) is 4.72 Å². The summed E-state index contributed by atoms with van der Waals surface area (Å²) in [6, 6.07) is 11.1. The molecule has 3 aromatic rings. The van der Waals surface area contributed by atoms with Crippen LogP contribution in [0, 0.1) is 27.7 Å². The first-order valence-corrected chi connectivity index (χ1v) is 10.3. The number of thiazole rings is 1. The number of sulfonamides is 1. The van der Waals surface area contributed by atoms with E-state index in [-0.39, 0.29) is 4.90 Å². The van der Waals surface area contributed by atoms with Gasteiger partial charge in [0.1, 0.15) is 0 Å². The second kappa shape index (κ2) is 6.61. The highest BCUT2D eigenvalue weighted by Crippen LogP contribution is 2.28. The van der Waals surface area contributed by atoms with E-state index in [9.17, 15) is 8.42 Å². The fourth-order valence-electron chi connectivity index (χ4n) is 2.59. The van der Waals surface area contributed by atoms with Gasteiger partial charge in [0, 0.05) is 10.9 Å². The Hall–Kier alpha value is -2.18. The van der Waals surface area contributed by atoms with Gasteiger partial charge in [-0.05, 0) is 56.5 Å². The summed E-state index contributed by atoms with van der Waals surface area (Å²) in [7, 11) is -3.68. The van der Waals surface area contributed by atoms with Crippen LogP contribution in [0.25, 0.3) is 11.3 Å². The maximum Gasteiger partial charge on any atom is 0.262 e. The standard InChI is InChI=1S/C19H20N2O2S2/c1-12-5-6-13(2)17(9-12)21-25(22,23)19-10-16(8-7-14(19)3)18-11-24-15(4)20-18/h5-11,21H,1-4H3. The van der Waals surface area contributed by atoms with E-state index in [2.05, 4.69) is 9.71 Å². The molecule has 130 valence electrons. The van der Waals surface area contributed by atoms with Crippen molar-refractivity contribution in [2.75, 3.05) is 4.72 Å². The molecule has 2 aromatic carbocycles. The van der Waals surface area contributed by atoms with Crippen molar-refractivity contribution in [2.45, 2.75) is 32.6 Å². The molecule has 0 bridgehead atoms. The lowest BCUT2D eigenvalue weighted by Gasteiger charge is -2.14. The van der Waals surface area contributed by atoms with Crippen LogP contribution in [0.1, 0.15) is 21.7 Å². The molecule has 0 saturated carbocycles. The molecule has 0 amide bonds. The van der Waals surface area contributed by atoms with Gasteiger partial charge >= 0.3 is 0 Å². The number of aromatic nitrogens is 1. The van der Waals surface area contributed by atoms with Crippen molar-refractivity contribution in [3.63, 3.8) is 0 Å². The molecule has 1 heterocycles. The summed E-state index contributed by atoms with van der Waals surface area (Å²) in [6.07, 6.45) is 0. The largest absolute Gasteiger partial charge is 0.279 e. The number of hydrogen-bond donors (Lipinski definition) is 1. The van der Waals surface area contributed by atoms with Crippen molar-refractivity contribution < 1.29 is 8.42 Å². The molecular formula is C19H20N2O2S2. The molecular weight excluding hydrogens is 352 g/mol. The van der Waals surface area contributed by atoms with Gasteiger partial charge in [-0.2, -0.15) is 0 Å². The molecule has 0 radical (unpaired) electrons. The van der Waals surface area contributed by atoms with Gasteiger partial charge in [-0.1, -0.05) is 24.3 Å². The average molecular weight is 373 g/mol. The van der Waals surface area contributed by atoms with Gasteiger partial charge in [0.15, 0.2) is 0 Å². The molecule has 1 aromatic heterocycles. The zero-order chi connectivity index (χ0) is 18.2. The van der Waals surface area contributed by atoms with Crippen LogP contribution in [0.4, 0.5) is 5.69 Å². The monoisotopic (exact) mass is 372 g/mol. The smallest absolute Gasteiger partial charge is 0.262 e. The number of aryl methyl sites for hydroxylation is 4. The van der Waals surface area contributed by atoms with Crippen molar-refractivity contribution in [3.05, 3.63) is 63.5 Å². The highest BCUT2D eigenvalue weighted by atomic mass is 32.2.